The predicted molar refractivity (Wildman–Crippen MR) is 146 cm³/mol. The predicted octanol–water partition coefficient (Wildman–Crippen LogP) is 5.67. The standard InChI is InChI=1S/C33H43NO6/c1-18(24-16-31(6)29(3,4)39-33(37-24,40-31)20-8-7-15-34-17-20)22-9-10-23-26-21(11-13-30(22,23)5)19(2)32(28-27(26)36-28)14-12-25(35)38-32/h7-8,11,15,17-19,22-24,26-28H,9-10,12-14,16H2,1-6H3/t18-,19-,22+,23-,24+,26+,27-,28-,30+,31+,32+,33?/m0/s1. The lowest BCUT2D eigenvalue weighted by Gasteiger charge is -2.52. The second kappa shape index (κ2) is 7.97. The van der Waals surface area contributed by atoms with Crippen LogP contribution < -0.4 is 0 Å². The molecule has 6 fully saturated rings. The van der Waals surface area contributed by atoms with Gasteiger partial charge in [0.25, 0.3) is 0 Å². The molecule has 216 valence electrons. The first-order valence-corrected chi connectivity index (χ1v) is 15.5. The number of carbonyl (C=O) groups is 1. The molecule has 4 aliphatic heterocycles. The van der Waals surface area contributed by atoms with E-state index in [9.17, 15) is 4.79 Å². The summed E-state index contributed by atoms with van der Waals surface area (Å²) in [7, 11) is 0. The van der Waals surface area contributed by atoms with Crippen LogP contribution in [-0.2, 0) is 34.5 Å². The van der Waals surface area contributed by atoms with Gasteiger partial charge in [0.2, 0.25) is 0 Å². The van der Waals surface area contributed by atoms with Crippen LogP contribution in [0.25, 0.3) is 0 Å². The minimum absolute atomic E-state index is 0.00283. The Hall–Kier alpha value is -1.80. The van der Waals surface area contributed by atoms with Crippen molar-refractivity contribution in [1.82, 2.24) is 4.98 Å². The fraction of sp³-hybridized carbons (Fsp3) is 0.758. The van der Waals surface area contributed by atoms with Crippen LogP contribution in [0.15, 0.2) is 36.2 Å². The highest BCUT2D eigenvalue weighted by Gasteiger charge is 2.73. The van der Waals surface area contributed by atoms with E-state index < -0.39 is 22.8 Å². The lowest BCUT2D eigenvalue weighted by Crippen LogP contribution is -2.55. The molecule has 12 atom stereocenters. The van der Waals surface area contributed by atoms with Crippen molar-refractivity contribution in [3.63, 3.8) is 0 Å². The Morgan fingerprint density at radius 3 is 2.67 bits per heavy atom. The van der Waals surface area contributed by atoms with Crippen molar-refractivity contribution in [1.29, 1.82) is 0 Å². The summed E-state index contributed by atoms with van der Waals surface area (Å²) in [6, 6.07) is 3.91. The number of allylic oxidation sites excluding steroid dienone is 1. The highest BCUT2D eigenvalue weighted by Crippen LogP contribution is 2.68. The van der Waals surface area contributed by atoms with Gasteiger partial charge in [0, 0.05) is 43.5 Å². The Morgan fingerprint density at radius 2 is 1.95 bits per heavy atom. The van der Waals surface area contributed by atoms with Gasteiger partial charge >= 0.3 is 11.9 Å². The third kappa shape index (κ3) is 3.16. The van der Waals surface area contributed by atoms with Crippen LogP contribution in [0.3, 0.4) is 0 Å². The molecule has 2 bridgehead atoms. The second-order valence-corrected chi connectivity index (χ2v) is 14.9. The molecular weight excluding hydrogens is 506 g/mol. The summed E-state index contributed by atoms with van der Waals surface area (Å²) in [4.78, 5) is 16.5. The van der Waals surface area contributed by atoms with Gasteiger partial charge in [-0.1, -0.05) is 32.4 Å². The van der Waals surface area contributed by atoms with Crippen molar-refractivity contribution >= 4 is 5.97 Å². The highest BCUT2D eigenvalue weighted by molar-refractivity contribution is 5.73. The molecule has 0 radical (unpaired) electrons. The summed E-state index contributed by atoms with van der Waals surface area (Å²) >= 11 is 0. The number of carbonyl (C=O) groups excluding carboxylic acids is 1. The van der Waals surface area contributed by atoms with Crippen LogP contribution in [0.4, 0.5) is 0 Å². The van der Waals surface area contributed by atoms with Crippen molar-refractivity contribution in [2.45, 2.75) is 121 Å². The van der Waals surface area contributed by atoms with Crippen molar-refractivity contribution in [3.8, 4) is 0 Å². The van der Waals surface area contributed by atoms with Crippen LogP contribution in [-0.4, -0.2) is 46.1 Å². The second-order valence-electron chi connectivity index (χ2n) is 14.9. The molecule has 3 aliphatic carbocycles. The average molecular weight is 550 g/mol. The van der Waals surface area contributed by atoms with Gasteiger partial charge < -0.3 is 23.7 Å². The first-order chi connectivity index (χ1) is 18.9. The molecule has 8 rings (SSSR count). The molecule has 1 aromatic rings. The van der Waals surface area contributed by atoms with Crippen LogP contribution in [0.1, 0.15) is 85.6 Å². The largest absolute Gasteiger partial charge is 0.456 e. The molecule has 1 unspecified atom stereocenters. The summed E-state index contributed by atoms with van der Waals surface area (Å²) < 4.78 is 32.6. The summed E-state index contributed by atoms with van der Waals surface area (Å²) in [6.45, 7) is 13.6. The fourth-order valence-corrected chi connectivity index (χ4v) is 10.2. The number of hydrogen-bond donors (Lipinski definition) is 0. The Labute approximate surface area is 237 Å². The van der Waals surface area contributed by atoms with Crippen LogP contribution in [0.5, 0.6) is 0 Å². The number of hydrogen-bond acceptors (Lipinski definition) is 7. The Morgan fingerprint density at radius 1 is 1.12 bits per heavy atom. The van der Waals surface area contributed by atoms with Gasteiger partial charge in [-0.05, 0) is 75.3 Å². The van der Waals surface area contributed by atoms with Gasteiger partial charge in [-0.25, -0.2) is 0 Å². The van der Waals surface area contributed by atoms with E-state index in [4.69, 9.17) is 23.7 Å². The number of ether oxygens (including phenoxy) is 5. The van der Waals surface area contributed by atoms with E-state index in [2.05, 4.69) is 52.6 Å². The number of fused-ring (bicyclic) bond motifs is 8. The molecule has 0 aromatic carbocycles. The van der Waals surface area contributed by atoms with Crippen LogP contribution in [0.2, 0.25) is 0 Å². The molecule has 1 spiro atoms. The summed E-state index contributed by atoms with van der Waals surface area (Å²) in [5.41, 5.74) is 1.06. The summed E-state index contributed by atoms with van der Waals surface area (Å²) in [5.74, 6) is 0.771. The molecule has 7 aliphatic rings. The summed E-state index contributed by atoms with van der Waals surface area (Å²) in [5, 5.41) is 0. The van der Waals surface area contributed by atoms with E-state index in [-0.39, 0.29) is 35.6 Å². The Balaban J connectivity index is 1.10. The molecular formula is C33H43NO6. The highest BCUT2D eigenvalue weighted by atomic mass is 16.9. The summed E-state index contributed by atoms with van der Waals surface area (Å²) in [6.07, 6.45) is 11.9. The molecule has 7 nitrogen and oxygen atoms in total. The Bertz CT molecular complexity index is 1280. The number of pyridine rings is 1. The van der Waals surface area contributed by atoms with Gasteiger partial charge in [-0.3, -0.25) is 9.78 Å². The van der Waals surface area contributed by atoms with Gasteiger partial charge in [0.15, 0.2) is 0 Å². The number of epoxide rings is 1. The van der Waals surface area contributed by atoms with Gasteiger partial charge in [-0.15, -0.1) is 0 Å². The average Bonchev–Trinajstić information content (AvgIpc) is 3.47. The minimum atomic E-state index is -1.23. The maximum absolute atomic E-state index is 12.2. The molecule has 7 heteroatoms. The monoisotopic (exact) mass is 549 g/mol. The van der Waals surface area contributed by atoms with Crippen molar-refractivity contribution < 1.29 is 28.5 Å². The number of rotatable bonds is 3. The van der Waals surface area contributed by atoms with Crippen molar-refractivity contribution in [3.05, 3.63) is 41.7 Å². The van der Waals surface area contributed by atoms with Crippen LogP contribution >= 0.6 is 0 Å². The smallest absolute Gasteiger partial charge is 0.315 e. The SMILES string of the molecule is C[C@@H]([C@H]1CC[C@H]2[C@H]3C(=CC[C@]12C)[C@H](C)[C@]1(CCC(=O)O1)[C@H]1O[C@@H]31)[C@H]1C[C@@]2(C)OC(c3cccnc3)(O1)OC2(C)C. The van der Waals surface area contributed by atoms with Crippen LogP contribution in [0, 0.1) is 35.0 Å². The van der Waals surface area contributed by atoms with E-state index in [1.165, 1.54) is 18.4 Å². The van der Waals surface area contributed by atoms with Crippen molar-refractivity contribution in [2.75, 3.05) is 0 Å². The number of esters is 1. The number of aromatic nitrogens is 1. The van der Waals surface area contributed by atoms with Gasteiger partial charge in [0.1, 0.15) is 17.3 Å². The van der Waals surface area contributed by atoms with E-state index in [0.717, 1.165) is 24.8 Å². The zero-order valence-electron chi connectivity index (χ0n) is 24.6. The molecule has 0 N–H and O–H groups in total. The van der Waals surface area contributed by atoms with Crippen molar-refractivity contribution in [2.24, 2.45) is 35.0 Å². The van der Waals surface area contributed by atoms with E-state index in [1.54, 1.807) is 12.4 Å². The molecule has 0 amide bonds. The number of nitrogens with zero attached hydrogens (tertiary/aromatic N) is 1. The quantitative estimate of drug-likeness (QED) is 0.273. The first kappa shape index (κ1) is 25.9. The Kier molecular flexibility index (Phi) is 5.16. The zero-order chi connectivity index (χ0) is 27.9. The lowest BCUT2D eigenvalue weighted by molar-refractivity contribution is -0.407. The normalized spacial score (nSPS) is 52.4. The lowest BCUT2D eigenvalue weighted by atomic mass is 9.53. The third-order valence-electron chi connectivity index (χ3n) is 12.9. The molecule has 4 saturated heterocycles. The van der Waals surface area contributed by atoms with Gasteiger partial charge in [-0.2, -0.15) is 0 Å². The topological polar surface area (TPSA) is 79.4 Å². The third-order valence-corrected chi connectivity index (χ3v) is 12.9. The van der Waals surface area contributed by atoms with E-state index in [1.807, 2.05) is 12.1 Å². The zero-order valence-corrected chi connectivity index (χ0v) is 24.6. The molecule has 1 aromatic heterocycles. The maximum Gasteiger partial charge on any atom is 0.315 e. The van der Waals surface area contributed by atoms with E-state index >= 15 is 0 Å². The molecule has 40 heavy (non-hydrogen) atoms. The first-order valence-electron chi connectivity index (χ1n) is 15.5. The van der Waals surface area contributed by atoms with E-state index in [0.29, 0.717) is 30.1 Å². The molecule has 2 saturated carbocycles. The van der Waals surface area contributed by atoms with Gasteiger partial charge in [0.05, 0.1) is 23.4 Å². The maximum atomic E-state index is 12.2. The minimum Gasteiger partial charge on any atom is -0.456 e. The fourth-order valence-electron chi connectivity index (χ4n) is 10.2. The molecule has 5 heterocycles.